The van der Waals surface area contributed by atoms with Crippen molar-refractivity contribution in [1.82, 2.24) is 13.7 Å². The smallest absolute Gasteiger partial charge is 0.331 e. The molecule has 4 rings (SSSR count). The van der Waals surface area contributed by atoms with Gasteiger partial charge in [-0.3, -0.25) is 13.9 Å². The van der Waals surface area contributed by atoms with E-state index in [9.17, 15) is 9.59 Å². The van der Waals surface area contributed by atoms with Gasteiger partial charge < -0.3 is 14.0 Å². The number of aryl methyl sites for hydroxylation is 1. The van der Waals surface area contributed by atoms with Gasteiger partial charge in [-0.2, -0.15) is 0 Å². The zero-order valence-electron chi connectivity index (χ0n) is 17.6. The molecule has 0 aliphatic carbocycles. The van der Waals surface area contributed by atoms with Crippen LogP contribution < -0.4 is 16.0 Å². The Balaban J connectivity index is 2.13. The summed E-state index contributed by atoms with van der Waals surface area (Å²) >= 11 is 0. The average molecular weight is 397 g/mol. The summed E-state index contributed by atoms with van der Waals surface area (Å²) in [5, 5.41) is 0.564. The van der Waals surface area contributed by atoms with Gasteiger partial charge in [-0.05, 0) is 42.2 Å². The molecular formula is C22H27N3O4. The quantitative estimate of drug-likeness (QED) is 0.679. The van der Waals surface area contributed by atoms with E-state index in [2.05, 4.69) is 18.4 Å². The van der Waals surface area contributed by atoms with Crippen LogP contribution in [0.1, 0.15) is 32.1 Å². The first-order valence-corrected chi connectivity index (χ1v) is 9.93. The lowest BCUT2D eigenvalue weighted by Gasteiger charge is -2.28. The molecule has 0 saturated carbocycles. The van der Waals surface area contributed by atoms with Crippen LogP contribution in [-0.4, -0.2) is 27.4 Å². The summed E-state index contributed by atoms with van der Waals surface area (Å²) in [6, 6.07) is 7.69. The Labute approximate surface area is 169 Å². The molecule has 7 heteroatoms. The maximum absolute atomic E-state index is 13.2. The molecule has 2 aromatic heterocycles. The summed E-state index contributed by atoms with van der Waals surface area (Å²) in [5.41, 5.74) is 2.75. The van der Waals surface area contributed by atoms with Gasteiger partial charge in [-0.1, -0.05) is 13.8 Å². The van der Waals surface area contributed by atoms with Crippen LogP contribution in [-0.2, 0) is 25.4 Å². The summed E-state index contributed by atoms with van der Waals surface area (Å²) < 4.78 is 16.3. The molecule has 1 atom stereocenters. The van der Waals surface area contributed by atoms with Gasteiger partial charge in [-0.25, -0.2) is 4.79 Å². The molecule has 154 valence electrons. The van der Waals surface area contributed by atoms with E-state index in [1.54, 1.807) is 18.7 Å². The summed E-state index contributed by atoms with van der Waals surface area (Å²) in [5.74, 6) is 1.18. The fourth-order valence-corrected chi connectivity index (χ4v) is 4.32. The van der Waals surface area contributed by atoms with Gasteiger partial charge in [0.25, 0.3) is 5.56 Å². The van der Waals surface area contributed by atoms with E-state index in [0.29, 0.717) is 30.0 Å². The third-order valence-electron chi connectivity index (χ3n) is 5.69. The number of aromatic nitrogens is 3. The number of nitrogens with zero attached hydrogens (tertiary/aromatic N) is 3. The minimum atomic E-state index is -0.328. The standard InChI is InChI=1S/C22H27N3O4/c1-13(2)12-16-19-20-17(21(26)24(4)22(27)23(20)3)18(25(19)10-11-29-16)14-6-8-15(28-5)9-7-14/h6-9,13,16H,10-12H2,1-5H3/t16-/m1/s1. The van der Waals surface area contributed by atoms with Gasteiger partial charge in [0, 0.05) is 20.6 Å². The predicted molar refractivity (Wildman–Crippen MR) is 113 cm³/mol. The molecule has 1 aromatic carbocycles. The van der Waals surface area contributed by atoms with Crippen LogP contribution in [0.4, 0.5) is 0 Å². The summed E-state index contributed by atoms with van der Waals surface area (Å²) in [4.78, 5) is 25.9. The highest BCUT2D eigenvalue weighted by Crippen LogP contribution is 2.40. The topological polar surface area (TPSA) is 67.4 Å². The minimum Gasteiger partial charge on any atom is -0.497 e. The van der Waals surface area contributed by atoms with Gasteiger partial charge in [0.15, 0.2) is 0 Å². The molecular weight excluding hydrogens is 370 g/mol. The molecule has 0 amide bonds. The third kappa shape index (κ3) is 3.00. The molecule has 0 unspecified atom stereocenters. The third-order valence-corrected chi connectivity index (χ3v) is 5.69. The van der Waals surface area contributed by atoms with Crippen molar-refractivity contribution in [1.29, 1.82) is 0 Å². The summed E-state index contributed by atoms with van der Waals surface area (Å²) in [6.45, 7) is 5.51. The number of ether oxygens (including phenoxy) is 2. The van der Waals surface area contributed by atoms with E-state index >= 15 is 0 Å². The number of benzene rings is 1. The normalized spacial score (nSPS) is 16.4. The van der Waals surface area contributed by atoms with E-state index in [1.165, 1.54) is 11.6 Å². The van der Waals surface area contributed by atoms with Crippen LogP contribution in [0.15, 0.2) is 33.9 Å². The average Bonchev–Trinajstić information content (AvgIpc) is 3.06. The Morgan fingerprint density at radius 1 is 1.14 bits per heavy atom. The van der Waals surface area contributed by atoms with Gasteiger partial charge in [-0.15, -0.1) is 0 Å². The largest absolute Gasteiger partial charge is 0.497 e. The van der Waals surface area contributed by atoms with Crippen molar-refractivity contribution in [2.24, 2.45) is 20.0 Å². The Morgan fingerprint density at radius 2 is 1.83 bits per heavy atom. The molecule has 0 radical (unpaired) electrons. The molecule has 29 heavy (non-hydrogen) atoms. The Hall–Kier alpha value is -2.80. The number of methoxy groups -OCH3 is 1. The number of rotatable bonds is 4. The SMILES string of the molecule is COc1ccc(-c2c3c(=O)n(C)c(=O)n(C)c3c3n2CCO[C@@H]3CC(C)C)cc1. The predicted octanol–water partition coefficient (Wildman–Crippen LogP) is 2.83. The zero-order chi connectivity index (χ0) is 20.9. The molecule has 7 nitrogen and oxygen atoms in total. The van der Waals surface area contributed by atoms with Crippen molar-refractivity contribution >= 4 is 10.9 Å². The number of fused-ring (bicyclic) bond motifs is 3. The van der Waals surface area contributed by atoms with Crippen LogP contribution in [0.5, 0.6) is 5.75 Å². The van der Waals surface area contributed by atoms with Gasteiger partial charge in [0.2, 0.25) is 0 Å². The van der Waals surface area contributed by atoms with Crippen molar-refractivity contribution in [2.75, 3.05) is 13.7 Å². The Morgan fingerprint density at radius 3 is 2.45 bits per heavy atom. The van der Waals surface area contributed by atoms with Crippen molar-refractivity contribution in [2.45, 2.75) is 32.9 Å². The van der Waals surface area contributed by atoms with Gasteiger partial charge in [0.1, 0.15) is 5.75 Å². The van der Waals surface area contributed by atoms with Gasteiger partial charge >= 0.3 is 5.69 Å². The first-order chi connectivity index (χ1) is 13.8. The van der Waals surface area contributed by atoms with Crippen molar-refractivity contribution < 1.29 is 9.47 Å². The fraction of sp³-hybridized carbons (Fsp3) is 0.455. The second kappa shape index (κ2) is 7.22. The molecule has 0 bridgehead atoms. The van der Waals surface area contributed by atoms with Crippen LogP contribution in [0.25, 0.3) is 22.2 Å². The molecule has 0 fully saturated rings. The summed E-state index contributed by atoms with van der Waals surface area (Å²) in [7, 11) is 4.88. The van der Waals surface area contributed by atoms with Gasteiger partial charge in [0.05, 0.1) is 42.1 Å². The fourth-order valence-electron chi connectivity index (χ4n) is 4.32. The Bertz CT molecular complexity index is 1180. The Kier molecular flexibility index (Phi) is 4.86. The van der Waals surface area contributed by atoms with Crippen molar-refractivity contribution in [3.63, 3.8) is 0 Å². The van der Waals surface area contributed by atoms with Crippen LogP contribution in [0.3, 0.4) is 0 Å². The molecule has 1 aliphatic rings. The van der Waals surface area contributed by atoms with E-state index in [0.717, 1.165) is 29.1 Å². The second-order valence-corrected chi connectivity index (χ2v) is 8.03. The number of hydrogen-bond donors (Lipinski definition) is 0. The molecule has 0 N–H and O–H groups in total. The van der Waals surface area contributed by atoms with Crippen LogP contribution in [0, 0.1) is 5.92 Å². The van der Waals surface area contributed by atoms with Crippen molar-refractivity contribution in [3.05, 3.63) is 50.8 Å². The molecule has 3 aromatic rings. The lowest BCUT2D eigenvalue weighted by Crippen LogP contribution is -2.37. The van der Waals surface area contributed by atoms with E-state index in [4.69, 9.17) is 9.47 Å². The summed E-state index contributed by atoms with van der Waals surface area (Å²) in [6.07, 6.45) is 0.667. The van der Waals surface area contributed by atoms with Crippen molar-refractivity contribution in [3.8, 4) is 17.0 Å². The monoisotopic (exact) mass is 397 g/mol. The highest BCUT2D eigenvalue weighted by Gasteiger charge is 2.32. The maximum atomic E-state index is 13.2. The molecule has 0 spiro atoms. The first kappa shape index (κ1) is 19.5. The highest BCUT2D eigenvalue weighted by atomic mass is 16.5. The first-order valence-electron chi connectivity index (χ1n) is 9.93. The van der Waals surface area contributed by atoms with Crippen LogP contribution in [0.2, 0.25) is 0 Å². The maximum Gasteiger partial charge on any atom is 0.331 e. The van der Waals surface area contributed by atoms with E-state index in [1.807, 2.05) is 24.3 Å². The second-order valence-electron chi connectivity index (χ2n) is 8.03. The molecule has 0 saturated heterocycles. The van der Waals surface area contributed by atoms with E-state index < -0.39 is 0 Å². The van der Waals surface area contributed by atoms with E-state index in [-0.39, 0.29) is 17.4 Å². The lowest BCUT2D eigenvalue weighted by molar-refractivity contribution is 0.00924. The lowest BCUT2D eigenvalue weighted by atomic mass is 10.0. The van der Waals surface area contributed by atoms with Crippen LogP contribution >= 0.6 is 0 Å². The number of hydrogen-bond acceptors (Lipinski definition) is 4. The molecule has 1 aliphatic heterocycles. The molecule has 3 heterocycles. The highest BCUT2D eigenvalue weighted by molar-refractivity contribution is 5.96. The minimum absolute atomic E-state index is 0.157. The zero-order valence-corrected chi connectivity index (χ0v) is 17.6.